The van der Waals surface area contributed by atoms with Gasteiger partial charge in [-0.3, -0.25) is 5.10 Å². The third-order valence-electron chi connectivity index (χ3n) is 2.41. The molecule has 0 bridgehead atoms. The summed E-state index contributed by atoms with van der Waals surface area (Å²) in [6.45, 7) is 3.78. The Bertz CT molecular complexity index is 508. The van der Waals surface area contributed by atoms with E-state index >= 15 is 0 Å². The van der Waals surface area contributed by atoms with Gasteiger partial charge < -0.3 is 5.32 Å². The summed E-state index contributed by atoms with van der Waals surface area (Å²) in [6.07, 6.45) is 0. The van der Waals surface area contributed by atoms with E-state index in [-0.39, 0.29) is 0 Å². The third-order valence-corrected chi connectivity index (χ3v) is 3.15. The SMILES string of the molecule is CCNCc1cc(-c2ccc(Cl)c(Cl)c2)n[nH]1. The largest absolute Gasteiger partial charge is 0.311 e. The van der Waals surface area contributed by atoms with Crippen molar-refractivity contribution in [1.82, 2.24) is 15.5 Å². The van der Waals surface area contributed by atoms with E-state index in [1.165, 1.54) is 0 Å². The average molecular weight is 270 g/mol. The van der Waals surface area contributed by atoms with Crippen molar-refractivity contribution in [2.75, 3.05) is 6.54 Å². The van der Waals surface area contributed by atoms with Gasteiger partial charge in [0.15, 0.2) is 0 Å². The minimum Gasteiger partial charge on any atom is -0.311 e. The number of halogens is 2. The maximum atomic E-state index is 5.97. The Balaban J connectivity index is 2.21. The minimum absolute atomic E-state index is 0.542. The van der Waals surface area contributed by atoms with Crippen LogP contribution in [0.25, 0.3) is 11.3 Å². The van der Waals surface area contributed by atoms with E-state index in [2.05, 4.69) is 22.4 Å². The molecule has 2 rings (SSSR count). The second-order valence-corrected chi connectivity index (χ2v) is 4.50. The van der Waals surface area contributed by atoms with Crippen LogP contribution in [-0.2, 0) is 6.54 Å². The van der Waals surface area contributed by atoms with Crippen LogP contribution in [-0.4, -0.2) is 16.7 Å². The Morgan fingerprint density at radius 1 is 1.24 bits per heavy atom. The zero-order valence-electron chi connectivity index (χ0n) is 9.43. The van der Waals surface area contributed by atoms with Crippen molar-refractivity contribution in [2.24, 2.45) is 0 Å². The van der Waals surface area contributed by atoms with Crippen LogP contribution < -0.4 is 5.32 Å². The van der Waals surface area contributed by atoms with Crippen molar-refractivity contribution in [2.45, 2.75) is 13.5 Å². The fourth-order valence-electron chi connectivity index (χ4n) is 1.52. The summed E-state index contributed by atoms with van der Waals surface area (Å²) in [5, 5.41) is 11.6. The molecule has 17 heavy (non-hydrogen) atoms. The molecule has 0 saturated carbocycles. The molecule has 0 radical (unpaired) electrons. The summed E-state index contributed by atoms with van der Waals surface area (Å²) in [4.78, 5) is 0. The summed E-state index contributed by atoms with van der Waals surface area (Å²) >= 11 is 11.8. The maximum Gasteiger partial charge on any atom is 0.0924 e. The topological polar surface area (TPSA) is 40.7 Å². The minimum atomic E-state index is 0.542. The van der Waals surface area contributed by atoms with Gasteiger partial charge >= 0.3 is 0 Å². The molecule has 0 unspecified atom stereocenters. The lowest BCUT2D eigenvalue weighted by Gasteiger charge is -1.99. The normalized spacial score (nSPS) is 10.8. The van der Waals surface area contributed by atoms with Crippen LogP contribution in [0.1, 0.15) is 12.6 Å². The van der Waals surface area contributed by atoms with E-state index < -0.39 is 0 Å². The van der Waals surface area contributed by atoms with E-state index in [9.17, 15) is 0 Å². The predicted octanol–water partition coefficient (Wildman–Crippen LogP) is 3.49. The lowest BCUT2D eigenvalue weighted by atomic mass is 10.1. The molecule has 1 aromatic carbocycles. The van der Waals surface area contributed by atoms with Gasteiger partial charge in [-0.15, -0.1) is 0 Å². The van der Waals surface area contributed by atoms with Crippen molar-refractivity contribution in [1.29, 1.82) is 0 Å². The number of nitrogens with one attached hydrogen (secondary N) is 2. The highest BCUT2D eigenvalue weighted by molar-refractivity contribution is 6.42. The number of hydrogen-bond donors (Lipinski definition) is 2. The van der Waals surface area contributed by atoms with E-state index in [4.69, 9.17) is 23.2 Å². The Hall–Kier alpha value is -1.03. The van der Waals surface area contributed by atoms with Gasteiger partial charge in [-0.1, -0.05) is 36.2 Å². The lowest BCUT2D eigenvalue weighted by Crippen LogP contribution is -2.11. The first kappa shape index (κ1) is 12.4. The summed E-state index contributed by atoms with van der Waals surface area (Å²) in [5.41, 5.74) is 2.88. The molecular weight excluding hydrogens is 257 g/mol. The van der Waals surface area contributed by atoms with Crippen molar-refractivity contribution in [3.8, 4) is 11.3 Å². The van der Waals surface area contributed by atoms with Gasteiger partial charge in [0.2, 0.25) is 0 Å². The van der Waals surface area contributed by atoms with Gasteiger partial charge in [0.25, 0.3) is 0 Å². The van der Waals surface area contributed by atoms with Crippen LogP contribution in [0, 0.1) is 0 Å². The van der Waals surface area contributed by atoms with Crippen LogP contribution in [0.4, 0.5) is 0 Å². The average Bonchev–Trinajstić information content (AvgIpc) is 2.79. The van der Waals surface area contributed by atoms with Gasteiger partial charge in [-0.05, 0) is 24.7 Å². The van der Waals surface area contributed by atoms with E-state index in [1.54, 1.807) is 6.07 Å². The first-order chi connectivity index (χ1) is 8.20. The second kappa shape index (κ2) is 5.54. The molecule has 0 atom stereocenters. The van der Waals surface area contributed by atoms with Crippen LogP contribution in [0.2, 0.25) is 10.0 Å². The highest BCUT2D eigenvalue weighted by atomic mass is 35.5. The summed E-state index contributed by atoms with van der Waals surface area (Å²) < 4.78 is 0. The number of aromatic nitrogens is 2. The Morgan fingerprint density at radius 3 is 2.76 bits per heavy atom. The summed E-state index contributed by atoms with van der Waals surface area (Å²) in [5.74, 6) is 0. The molecule has 0 amide bonds. The van der Waals surface area contributed by atoms with Crippen LogP contribution in [0.5, 0.6) is 0 Å². The van der Waals surface area contributed by atoms with Crippen LogP contribution in [0.15, 0.2) is 24.3 Å². The van der Waals surface area contributed by atoms with Crippen molar-refractivity contribution < 1.29 is 0 Å². The van der Waals surface area contributed by atoms with Gasteiger partial charge in [-0.25, -0.2) is 0 Å². The molecule has 0 aliphatic rings. The van der Waals surface area contributed by atoms with Crippen molar-refractivity contribution in [3.05, 3.63) is 40.0 Å². The smallest absolute Gasteiger partial charge is 0.0924 e. The van der Waals surface area contributed by atoms with Gasteiger partial charge in [0.1, 0.15) is 0 Å². The fourth-order valence-corrected chi connectivity index (χ4v) is 1.81. The molecule has 1 heterocycles. The monoisotopic (exact) mass is 269 g/mol. The van der Waals surface area contributed by atoms with Crippen molar-refractivity contribution in [3.63, 3.8) is 0 Å². The molecule has 0 saturated heterocycles. The van der Waals surface area contributed by atoms with Gasteiger partial charge in [-0.2, -0.15) is 5.10 Å². The highest BCUT2D eigenvalue weighted by Gasteiger charge is 2.06. The molecule has 1 aromatic heterocycles. The molecule has 0 fully saturated rings. The van der Waals surface area contributed by atoms with Gasteiger partial charge in [0, 0.05) is 17.8 Å². The molecule has 3 nitrogen and oxygen atoms in total. The molecule has 2 N–H and O–H groups in total. The summed E-state index contributed by atoms with van der Waals surface area (Å²) in [6, 6.07) is 7.50. The number of nitrogens with zero attached hydrogens (tertiary/aromatic N) is 1. The number of hydrogen-bond acceptors (Lipinski definition) is 2. The first-order valence-electron chi connectivity index (χ1n) is 5.41. The zero-order chi connectivity index (χ0) is 12.3. The van der Waals surface area contributed by atoms with Gasteiger partial charge in [0.05, 0.1) is 15.7 Å². The zero-order valence-corrected chi connectivity index (χ0v) is 10.9. The van der Waals surface area contributed by atoms with E-state index in [1.807, 2.05) is 18.2 Å². The number of rotatable bonds is 4. The Morgan fingerprint density at radius 2 is 2.06 bits per heavy atom. The molecule has 90 valence electrons. The molecule has 0 spiro atoms. The predicted molar refractivity (Wildman–Crippen MR) is 71.4 cm³/mol. The lowest BCUT2D eigenvalue weighted by molar-refractivity contribution is 0.707. The van der Waals surface area contributed by atoms with Crippen LogP contribution >= 0.6 is 23.2 Å². The summed E-state index contributed by atoms with van der Waals surface area (Å²) in [7, 11) is 0. The third kappa shape index (κ3) is 3.00. The number of benzene rings is 1. The quantitative estimate of drug-likeness (QED) is 0.892. The molecule has 2 aromatic rings. The molecule has 0 aliphatic heterocycles. The fraction of sp³-hybridized carbons (Fsp3) is 0.250. The van der Waals surface area contributed by atoms with Crippen LogP contribution in [0.3, 0.4) is 0 Å². The maximum absolute atomic E-state index is 5.97. The molecular formula is C12H13Cl2N3. The highest BCUT2D eigenvalue weighted by Crippen LogP contribution is 2.27. The number of aromatic amines is 1. The Labute approximate surface area is 110 Å². The second-order valence-electron chi connectivity index (χ2n) is 3.69. The van der Waals surface area contributed by atoms with E-state index in [0.717, 1.165) is 30.0 Å². The van der Waals surface area contributed by atoms with E-state index in [0.29, 0.717) is 10.0 Å². The standard InChI is InChI=1S/C12H13Cl2N3/c1-2-15-7-9-6-12(17-16-9)8-3-4-10(13)11(14)5-8/h3-6,15H,2,7H2,1H3,(H,16,17). The molecule has 0 aliphatic carbocycles. The first-order valence-corrected chi connectivity index (χ1v) is 6.16. The molecule has 5 heteroatoms. The number of H-pyrrole nitrogens is 1. The Kier molecular flexibility index (Phi) is 4.05. The van der Waals surface area contributed by atoms with Crippen molar-refractivity contribution >= 4 is 23.2 Å².